The zero-order valence-electron chi connectivity index (χ0n) is 7.96. The number of hydrogen-bond acceptors (Lipinski definition) is 3. The summed E-state index contributed by atoms with van der Waals surface area (Å²) >= 11 is 0. The first-order valence-electron chi connectivity index (χ1n) is 3.92. The normalized spacial score (nSPS) is 14.0. The molecule has 0 aliphatic heterocycles. The van der Waals surface area contributed by atoms with Gasteiger partial charge in [0.2, 0.25) is 6.04 Å². The van der Waals surface area contributed by atoms with Crippen molar-refractivity contribution < 1.29 is 9.72 Å². The zero-order chi connectivity index (χ0) is 9.94. The van der Waals surface area contributed by atoms with Crippen LogP contribution in [0.15, 0.2) is 0 Å². The predicted octanol–water partition coefficient (Wildman–Crippen LogP) is 1.66. The minimum absolute atomic E-state index is 0.0243. The summed E-state index contributed by atoms with van der Waals surface area (Å²) < 4.78 is 0. The maximum absolute atomic E-state index is 11.3. The van der Waals surface area contributed by atoms with E-state index in [1.807, 2.05) is 0 Å². The van der Waals surface area contributed by atoms with E-state index in [0.29, 0.717) is 0 Å². The topological polar surface area (TPSA) is 60.2 Å². The van der Waals surface area contributed by atoms with Crippen LogP contribution in [0, 0.1) is 15.5 Å². The Balaban J connectivity index is 4.11. The lowest BCUT2D eigenvalue weighted by atomic mass is 9.87. The molecule has 12 heavy (non-hydrogen) atoms. The number of ketones is 1. The van der Waals surface area contributed by atoms with Gasteiger partial charge in [-0.05, 0) is 0 Å². The third kappa shape index (κ3) is 3.46. The van der Waals surface area contributed by atoms with Crippen molar-refractivity contribution in [3.8, 4) is 0 Å². The van der Waals surface area contributed by atoms with Gasteiger partial charge >= 0.3 is 0 Å². The van der Waals surface area contributed by atoms with E-state index in [9.17, 15) is 14.9 Å². The van der Waals surface area contributed by atoms with Gasteiger partial charge in [0.25, 0.3) is 0 Å². The van der Waals surface area contributed by atoms with Gasteiger partial charge in [-0.2, -0.15) is 0 Å². The molecule has 0 heterocycles. The van der Waals surface area contributed by atoms with Gasteiger partial charge in [-0.3, -0.25) is 14.9 Å². The van der Waals surface area contributed by atoms with Gasteiger partial charge in [0.05, 0.1) is 6.42 Å². The molecule has 0 aliphatic carbocycles. The highest BCUT2D eigenvalue weighted by atomic mass is 16.6. The SMILES string of the molecule is CC(CC(=O)C(C)(C)C)[N+](=O)[O-]. The van der Waals surface area contributed by atoms with Crippen molar-refractivity contribution >= 4 is 5.78 Å². The van der Waals surface area contributed by atoms with Crippen molar-refractivity contribution in [2.75, 3.05) is 0 Å². The van der Waals surface area contributed by atoms with Gasteiger partial charge in [-0.15, -0.1) is 0 Å². The van der Waals surface area contributed by atoms with Gasteiger partial charge in [-0.1, -0.05) is 20.8 Å². The minimum Gasteiger partial charge on any atom is -0.299 e. The van der Waals surface area contributed by atoms with E-state index in [1.54, 1.807) is 20.8 Å². The van der Waals surface area contributed by atoms with Crippen molar-refractivity contribution in [3.05, 3.63) is 10.1 Å². The fourth-order valence-corrected chi connectivity index (χ4v) is 0.649. The summed E-state index contributed by atoms with van der Waals surface area (Å²) in [6.07, 6.45) is 0.0243. The quantitative estimate of drug-likeness (QED) is 0.481. The Labute approximate surface area is 72.1 Å². The Kier molecular flexibility index (Phi) is 3.36. The highest BCUT2D eigenvalue weighted by molar-refractivity contribution is 5.83. The van der Waals surface area contributed by atoms with E-state index in [0.717, 1.165) is 0 Å². The highest BCUT2D eigenvalue weighted by Gasteiger charge is 2.26. The standard InChI is InChI=1S/C8H15NO3/c1-6(9(11)12)5-7(10)8(2,3)4/h6H,5H2,1-4H3. The molecule has 0 aromatic rings. The summed E-state index contributed by atoms with van der Waals surface area (Å²) in [6, 6.07) is -0.767. The lowest BCUT2D eigenvalue weighted by Crippen LogP contribution is -2.27. The summed E-state index contributed by atoms with van der Waals surface area (Å²) in [7, 11) is 0. The molecule has 0 spiro atoms. The maximum atomic E-state index is 11.3. The van der Waals surface area contributed by atoms with E-state index in [2.05, 4.69) is 0 Å². The first-order valence-corrected chi connectivity index (χ1v) is 3.92. The lowest BCUT2D eigenvalue weighted by molar-refractivity contribution is -0.516. The van der Waals surface area contributed by atoms with Crippen LogP contribution in [-0.2, 0) is 4.79 Å². The van der Waals surface area contributed by atoms with Crippen LogP contribution in [0.5, 0.6) is 0 Å². The lowest BCUT2D eigenvalue weighted by Gasteiger charge is -2.16. The molecule has 0 aliphatic rings. The van der Waals surface area contributed by atoms with Crippen LogP contribution in [-0.4, -0.2) is 16.7 Å². The zero-order valence-corrected chi connectivity index (χ0v) is 7.96. The number of rotatable bonds is 3. The number of nitrogens with zero attached hydrogens (tertiary/aromatic N) is 1. The van der Waals surface area contributed by atoms with E-state index in [-0.39, 0.29) is 12.2 Å². The summed E-state index contributed by atoms with van der Waals surface area (Å²) in [5.74, 6) is -0.0632. The molecule has 0 fully saturated rings. The Bertz CT molecular complexity index is 193. The second-order valence-electron chi connectivity index (χ2n) is 4.01. The Morgan fingerprint density at radius 2 is 1.92 bits per heavy atom. The minimum atomic E-state index is -0.767. The molecule has 4 nitrogen and oxygen atoms in total. The molecule has 0 amide bonds. The van der Waals surface area contributed by atoms with E-state index in [1.165, 1.54) is 6.92 Å². The molecule has 0 aromatic carbocycles. The molecule has 4 heteroatoms. The monoisotopic (exact) mass is 173 g/mol. The van der Waals surface area contributed by atoms with E-state index < -0.39 is 16.4 Å². The van der Waals surface area contributed by atoms with Crippen LogP contribution in [0.25, 0.3) is 0 Å². The number of nitro groups is 1. The van der Waals surface area contributed by atoms with Crippen molar-refractivity contribution in [1.82, 2.24) is 0 Å². The summed E-state index contributed by atoms with van der Waals surface area (Å²) in [5.41, 5.74) is -0.468. The highest BCUT2D eigenvalue weighted by Crippen LogP contribution is 2.18. The van der Waals surface area contributed by atoms with Crippen LogP contribution < -0.4 is 0 Å². The van der Waals surface area contributed by atoms with Crippen molar-refractivity contribution in [3.63, 3.8) is 0 Å². The number of carbonyl (C=O) groups excluding carboxylic acids is 1. The second-order valence-corrected chi connectivity index (χ2v) is 4.01. The van der Waals surface area contributed by atoms with Crippen molar-refractivity contribution in [1.29, 1.82) is 0 Å². The van der Waals surface area contributed by atoms with Gasteiger partial charge in [-0.25, -0.2) is 0 Å². The Morgan fingerprint density at radius 3 is 2.17 bits per heavy atom. The summed E-state index contributed by atoms with van der Waals surface area (Å²) in [5, 5.41) is 10.2. The number of hydrogen-bond donors (Lipinski definition) is 0. The molecule has 0 saturated heterocycles. The molecule has 0 bridgehead atoms. The molecule has 0 radical (unpaired) electrons. The molecule has 1 unspecified atom stereocenters. The first-order chi connectivity index (χ1) is 5.25. The maximum Gasteiger partial charge on any atom is 0.217 e. The smallest absolute Gasteiger partial charge is 0.217 e. The fraction of sp³-hybridized carbons (Fsp3) is 0.875. The third-order valence-electron chi connectivity index (χ3n) is 1.68. The third-order valence-corrected chi connectivity index (χ3v) is 1.68. The van der Waals surface area contributed by atoms with Crippen LogP contribution in [0.4, 0.5) is 0 Å². The molecule has 0 aromatic heterocycles. The molecule has 0 saturated carbocycles. The average molecular weight is 173 g/mol. The van der Waals surface area contributed by atoms with E-state index >= 15 is 0 Å². The van der Waals surface area contributed by atoms with Crippen molar-refractivity contribution in [2.24, 2.45) is 5.41 Å². The second kappa shape index (κ2) is 3.65. The van der Waals surface area contributed by atoms with Crippen LogP contribution in [0.1, 0.15) is 34.1 Å². The van der Waals surface area contributed by atoms with Crippen LogP contribution in [0.2, 0.25) is 0 Å². The van der Waals surface area contributed by atoms with Gasteiger partial charge < -0.3 is 0 Å². The van der Waals surface area contributed by atoms with E-state index in [4.69, 9.17) is 0 Å². The summed E-state index contributed by atoms with van der Waals surface area (Å²) in [6.45, 7) is 6.75. The molecular formula is C8H15NO3. The first kappa shape index (κ1) is 11.1. The summed E-state index contributed by atoms with van der Waals surface area (Å²) in [4.78, 5) is 21.1. The van der Waals surface area contributed by atoms with Crippen molar-refractivity contribution in [2.45, 2.75) is 40.2 Å². The molecular weight excluding hydrogens is 158 g/mol. The largest absolute Gasteiger partial charge is 0.299 e. The van der Waals surface area contributed by atoms with Gasteiger partial charge in [0.1, 0.15) is 5.78 Å². The molecule has 70 valence electrons. The van der Waals surface area contributed by atoms with Gasteiger partial charge in [0, 0.05) is 17.3 Å². The van der Waals surface area contributed by atoms with Crippen LogP contribution >= 0.6 is 0 Å². The molecule has 0 N–H and O–H groups in total. The number of carbonyl (C=O) groups is 1. The predicted molar refractivity (Wildman–Crippen MR) is 45.5 cm³/mol. The van der Waals surface area contributed by atoms with Crippen LogP contribution in [0.3, 0.4) is 0 Å². The average Bonchev–Trinajstić information content (AvgIpc) is 1.85. The van der Waals surface area contributed by atoms with Gasteiger partial charge in [0.15, 0.2) is 0 Å². The molecule has 0 rings (SSSR count). The molecule has 1 atom stereocenters. The number of Topliss-reactive ketones (excluding diaryl/α,β-unsaturated/α-hetero) is 1. The Morgan fingerprint density at radius 1 is 1.50 bits per heavy atom. The Hall–Kier alpha value is -0.930. The fourth-order valence-electron chi connectivity index (χ4n) is 0.649.